The third-order valence-corrected chi connectivity index (χ3v) is 6.00. The van der Waals surface area contributed by atoms with Crippen LogP contribution in [0, 0.1) is 15.5 Å². The molecule has 0 radical (unpaired) electrons. The number of nitrogens with one attached hydrogen (secondary N) is 1. The highest BCUT2D eigenvalue weighted by Crippen LogP contribution is 2.48. The van der Waals surface area contributed by atoms with Crippen molar-refractivity contribution in [3.63, 3.8) is 0 Å². The van der Waals surface area contributed by atoms with Gasteiger partial charge in [-0.1, -0.05) is 19.9 Å². The minimum absolute atomic E-state index is 0.163. The molecule has 1 aliphatic heterocycles. The maximum atomic E-state index is 13.2. The number of hydrogen-bond acceptors (Lipinski definition) is 7. The van der Waals surface area contributed by atoms with Crippen LogP contribution in [0.25, 0.3) is 0 Å². The van der Waals surface area contributed by atoms with E-state index in [1.54, 1.807) is 0 Å². The van der Waals surface area contributed by atoms with E-state index in [0.717, 1.165) is 4.57 Å². The topological polar surface area (TPSA) is 136 Å². The van der Waals surface area contributed by atoms with Crippen LogP contribution in [-0.2, 0) is 18.9 Å². The van der Waals surface area contributed by atoms with Gasteiger partial charge < -0.3 is 10.4 Å². The molecule has 1 aromatic carbocycles. The first-order valence-corrected chi connectivity index (χ1v) is 9.73. The number of ketones is 1. The first-order valence-electron chi connectivity index (χ1n) is 9.73. The number of nitro benzene ring substituents is 1. The lowest BCUT2D eigenvalue weighted by Gasteiger charge is -2.39. The number of aromatic hydroxyl groups is 1. The molecule has 1 atom stereocenters. The molecule has 0 saturated carbocycles. The number of aromatic nitrogens is 2. The zero-order chi connectivity index (χ0) is 22.8. The number of phenolic OH excluding ortho intramolecular Hbond substituents is 1. The molecule has 10 nitrogen and oxygen atoms in total. The molecule has 0 bridgehead atoms. The molecule has 0 saturated heterocycles. The summed E-state index contributed by atoms with van der Waals surface area (Å²) < 4.78 is 2.25. The van der Waals surface area contributed by atoms with Gasteiger partial charge in [0.2, 0.25) is 0 Å². The summed E-state index contributed by atoms with van der Waals surface area (Å²) in [5.74, 6) is -1.32. The average molecular weight is 426 g/mol. The number of benzene rings is 1. The normalized spacial score (nSPS) is 19.5. The fourth-order valence-corrected chi connectivity index (χ4v) is 4.55. The van der Waals surface area contributed by atoms with Gasteiger partial charge in [0.05, 0.1) is 10.5 Å². The van der Waals surface area contributed by atoms with Crippen molar-refractivity contribution in [3.05, 3.63) is 71.5 Å². The van der Waals surface area contributed by atoms with E-state index < -0.39 is 33.5 Å². The average Bonchev–Trinajstić information content (AvgIpc) is 2.68. The van der Waals surface area contributed by atoms with Crippen molar-refractivity contribution in [3.8, 4) is 5.75 Å². The van der Waals surface area contributed by atoms with Gasteiger partial charge in [-0.2, -0.15) is 0 Å². The molecule has 0 spiro atoms. The molecular weight excluding hydrogens is 404 g/mol. The molecule has 10 heteroatoms. The van der Waals surface area contributed by atoms with Gasteiger partial charge in [0.1, 0.15) is 5.82 Å². The predicted molar refractivity (Wildman–Crippen MR) is 112 cm³/mol. The van der Waals surface area contributed by atoms with Crippen LogP contribution in [0.2, 0.25) is 0 Å². The van der Waals surface area contributed by atoms with Crippen LogP contribution in [0.15, 0.2) is 39.1 Å². The van der Waals surface area contributed by atoms with E-state index in [0.29, 0.717) is 23.3 Å². The van der Waals surface area contributed by atoms with E-state index >= 15 is 0 Å². The Labute approximate surface area is 176 Å². The van der Waals surface area contributed by atoms with Gasteiger partial charge in [0.15, 0.2) is 11.5 Å². The summed E-state index contributed by atoms with van der Waals surface area (Å²) in [5, 5.41) is 24.4. The minimum atomic E-state index is -0.903. The molecule has 31 heavy (non-hydrogen) atoms. The summed E-state index contributed by atoms with van der Waals surface area (Å²) >= 11 is 0. The quantitative estimate of drug-likeness (QED) is 0.553. The molecule has 2 aromatic rings. The van der Waals surface area contributed by atoms with Crippen molar-refractivity contribution in [2.45, 2.75) is 32.6 Å². The molecule has 162 valence electrons. The lowest BCUT2D eigenvalue weighted by molar-refractivity contribution is -0.385. The summed E-state index contributed by atoms with van der Waals surface area (Å²) in [6.45, 7) is 3.91. The molecule has 2 aliphatic rings. The van der Waals surface area contributed by atoms with Crippen LogP contribution < -0.4 is 16.6 Å². The molecule has 1 unspecified atom stereocenters. The number of hydrogen-bond donors (Lipinski definition) is 2. The van der Waals surface area contributed by atoms with Gasteiger partial charge in [0, 0.05) is 43.8 Å². The number of nitro groups is 1. The van der Waals surface area contributed by atoms with Crippen molar-refractivity contribution in [1.29, 1.82) is 0 Å². The molecule has 2 heterocycles. The second kappa shape index (κ2) is 6.66. The summed E-state index contributed by atoms with van der Waals surface area (Å²) in [6.07, 6.45) is 0.763. The third kappa shape index (κ3) is 3.06. The van der Waals surface area contributed by atoms with E-state index in [9.17, 15) is 29.6 Å². The van der Waals surface area contributed by atoms with Crippen LogP contribution in [0.4, 0.5) is 11.5 Å². The van der Waals surface area contributed by atoms with Crippen LogP contribution in [-0.4, -0.2) is 24.9 Å². The van der Waals surface area contributed by atoms with Crippen LogP contribution in [0.3, 0.4) is 0 Å². The number of nitrogens with zero attached hydrogens (tertiary/aromatic N) is 3. The van der Waals surface area contributed by atoms with Gasteiger partial charge in [0.25, 0.3) is 5.56 Å². The Kier molecular flexibility index (Phi) is 4.42. The molecule has 4 rings (SSSR count). The lowest BCUT2D eigenvalue weighted by Crippen LogP contribution is -2.45. The summed E-state index contributed by atoms with van der Waals surface area (Å²) in [6, 6.07) is 3.82. The Bertz CT molecular complexity index is 1310. The highest BCUT2D eigenvalue weighted by atomic mass is 16.6. The smallest absolute Gasteiger partial charge is 0.332 e. The van der Waals surface area contributed by atoms with Crippen molar-refractivity contribution in [2.75, 3.05) is 5.32 Å². The molecule has 1 aromatic heterocycles. The number of anilines is 1. The van der Waals surface area contributed by atoms with E-state index in [1.165, 1.54) is 36.9 Å². The number of carbonyl (C=O) groups is 1. The van der Waals surface area contributed by atoms with Crippen molar-refractivity contribution < 1.29 is 14.8 Å². The zero-order valence-electron chi connectivity index (χ0n) is 17.6. The Morgan fingerprint density at radius 2 is 1.84 bits per heavy atom. The van der Waals surface area contributed by atoms with E-state index in [2.05, 4.69) is 5.32 Å². The second-order valence-corrected chi connectivity index (χ2v) is 8.86. The number of phenols is 1. The molecule has 2 N–H and O–H groups in total. The van der Waals surface area contributed by atoms with E-state index in [4.69, 9.17) is 0 Å². The Balaban J connectivity index is 2.09. The van der Waals surface area contributed by atoms with Gasteiger partial charge in [-0.25, -0.2) is 4.79 Å². The minimum Gasteiger partial charge on any atom is -0.502 e. The van der Waals surface area contributed by atoms with E-state index in [-0.39, 0.29) is 29.0 Å². The van der Waals surface area contributed by atoms with Crippen LogP contribution in [0.1, 0.15) is 43.7 Å². The number of allylic oxidation sites excluding steroid dienone is 2. The van der Waals surface area contributed by atoms with Crippen molar-refractivity contribution >= 4 is 17.3 Å². The number of fused-ring (bicyclic) bond motifs is 1. The van der Waals surface area contributed by atoms with Crippen LogP contribution in [0.5, 0.6) is 5.75 Å². The van der Waals surface area contributed by atoms with Gasteiger partial charge in [-0.3, -0.25) is 28.8 Å². The second-order valence-electron chi connectivity index (χ2n) is 8.86. The summed E-state index contributed by atoms with van der Waals surface area (Å²) in [4.78, 5) is 49.6. The van der Waals surface area contributed by atoms with Crippen LogP contribution >= 0.6 is 0 Å². The third-order valence-electron chi connectivity index (χ3n) is 6.00. The first-order chi connectivity index (χ1) is 14.4. The fraction of sp³-hybridized carbons (Fsp3) is 0.381. The standard InChI is InChI=1S/C21H22N4O6/c1-21(2)8-11-16(14(27)9-21)15(10-5-6-13(26)12(7-10)25(30)31)17-18(22-11)23(3)20(29)24(4)19(17)28/h5-7,15,22,26H,8-9H2,1-4H3. The van der Waals surface area contributed by atoms with Gasteiger partial charge in [-0.15, -0.1) is 0 Å². The zero-order valence-corrected chi connectivity index (χ0v) is 17.6. The molecule has 0 fully saturated rings. The molecule has 0 amide bonds. The summed E-state index contributed by atoms with van der Waals surface area (Å²) in [5.41, 5.74) is -0.525. The number of Topliss-reactive ketones (excluding diaryl/α,β-unsaturated/α-hetero) is 1. The van der Waals surface area contributed by atoms with E-state index in [1.807, 2.05) is 13.8 Å². The monoisotopic (exact) mass is 426 g/mol. The molecular formula is C21H22N4O6. The van der Waals surface area contributed by atoms with Gasteiger partial charge >= 0.3 is 11.4 Å². The SMILES string of the molecule is Cn1c2c(c(=O)n(C)c1=O)C(c1ccc(O)c([N+](=O)[O-])c1)C1=C(CC(C)(C)CC1=O)N2. The van der Waals surface area contributed by atoms with Gasteiger partial charge in [-0.05, 0) is 23.5 Å². The number of carbonyl (C=O) groups excluding carboxylic acids is 1. The first kappa shape index (κ1) is 20.6. The fourth-order valence-electron chi connectivity index (χ4n) is 4.55. The van der Waals surface area contributed by atoms with Crippen molar-refractivity contribution in [2.24, 2.45) is 19.5 Å². The Morgan fingerprint density at radius 3 is 2.48 bits per heavy atom. The highest BCUT2D eigenvalue weighted by molar-refractivity contribution is 6.01. The highest BCUT2D eigenvalue weighted by Gasteiger charge is 2.43. The Hall–Kier alpha value is -3.69. The maximum absolute atomic E-state index is 13.2. The lowest BCUT2D eigenvalue weighted by atomic mass is 9.69. The number of rotatable bonds is 2. The largest absolute Gasteiger partial charge is 0.502 e. The summed E-state index contributed by atoms with van der Waals surface area (Å²) in [7, 11) is 2.86. The maximum Gasteiger partial charge on any atom is 0.332 e. The molecule has 1 aliphatic carbocycles. The predicted octanol–water partition coefficient (Wildman–Crippen LogP) is 1.90. The van der Waals surface area contributed by atoms with Crippen molar-refractivity contribution in [1.82, 2.24) is 9.13 Å². The Morgan fingerprint density at radius 1 is 1.16 bits per heavy atom.